The Hall–Kier alpha value is -2.51. The molecule has 0 saturated carbocycles. The molecular weight excluding hydrogens is 470 g/mol. The first-order valence-electron chi connectivity index (χ1n) is 8.85. The Balaban J connectivity index is 1.49. The number of carbonyl (C=O) groups excluding carboxylic acids is 2. The van der Waals surface area contributed by atoms with E-state index in [0.29, 0.717) is 27.5 Å². The number of fused-ring (bicyclic) bond motifs is 1. The zero-order chi connectivity index (χ0) is 22.3. The maximum atomic E-state index is 13.9. The van der Waals surface area contributed by atoms with Crippen LogP contribution in [-0.4, -0.2) is 60.9 Å². The Kier molecular flexibility index (Phi) is 5.99. The minimum absolute atomic E-state index is 0.110. The van der Waals surface area contributed by atoms with E-state index in [2.05, 4.69) is 15.5 Å². The summed E-state index contributed by atoms with van der Waals surface area (Å²) in [5.74, 6) is -3.90. The Morgan fingerprint density at radius 2 is 2.13 bits per heavy atom. The zero-order valence-electron chi connectivity index (χ0n) is 15.8. The van der Waals surface area contributed by atoms with Crippen LogP contribution in [0.1, 0.15) is 15.4 Å². The SMILES string of the molecule is Cc1nnc(SCC2=C(C(=O)O)N3C(=O)[C@@H](NC(=O)c4ccc(F)cc4F)[C@@H]3SC2)s1. The number of hydrogen-bond donors (Lipinski definition) is 2. The number of amides is 2. The number of nitrogens with zero attached hydrogens (tertiary/aromatic N) is 3. The highest BCUT2D eigenvalue weighted by atomic mass is 32.2. The number of hydrogen-bond acceptors (Lipinski definition) is 8. The zero-order valence-corrected chi connectivity index (χ0v) is 18.2. The van der Waals surface area contributed by atoms with Gasteiger partial charge >= 0.3 is 5.97 Å². The van der Waals surface area contributed by atoms with E-state index < -0.39 is 46.4 Å². The van der Waals surface area contributed by atoms with Crippen molar-refractivity contribution in [3.05, 3.63) is 51.7 Å². The lowest BCUT2D eigenvalue weighted by molar-refractivity contribution is -0.148. The van der Waals surface area contributed by atoms with Crippen molar-refractivity contribution in [1.29, 1.82) is 0 Å². The van der Waals surface area contributed by atoms with Gasteiger partial charge in [0.1, 0.15) is 33.8 Å². The number of thioether (sulfide) groups is 2. The standard InChI is InChI=1S/C18H14F2N4O4S3/c1-7-22-23-18(31-7)30-6-8-5-29-16-12(15(26)24(16)13(8)17(27)28)21-14(25)10-3-2-9(19)4-11(10)20/h2-4,12,16H,5-6H2,1H3,(H,21,25)(H,27,28)/t12-,16+/m1/s1. The van der Waals surface area contributed by atoms with Crippen LogP contribution in [-0.2, 0) is 9.59 Å². The highest BCUT2D eigenvalue weighted by Gasteiger charge is 2.54. The molecule has 2 amide bonds. The molecule has 1 saturated heterocycles. The number of nitrogens with one attached hydrogen (secondary N) is 1. The van der Waals surface area contributed by atoms with E-state index in [1.54, 1.807) is 0 Å². The summed E-state index contributed by atoms with van der Waals surface area (Å²) in [7, 11) is 0. The molecule has 0 spiro atoms. The highest BCUT2D eigenvalue weighted by Crippen LogP contribution is 2.41. The minimum atomic E-state index is -1.24. The molecule has 162 valence electrons. The van der Waals surface area contributed by atoms with Gasteiger partial charge in [-0.2, -0.15) is 0 Å². The van der Waals surface area contributed by atoms with Crippen molar-refractivity contribution in [2.75, 3.05) is 11.5 Å². The predicted molar refractivity (Wildman–Crippen MR) is 111 cm³/mol. The van der Waals surface area contributed by atoms with Gasteiger partial charge in [0.25, 0.3) is 11.8 Å². The molecule has 1 aromatic carbocycles. The summed E-state index contributed by atoms with van der Waals surface area (Å²) in [6.07, 6.45) is 0. The van der Waals surface area contributed by atoms with Crippen LogP contribution in [0.2, 0.25) is 0 Å². The quantitative estimate of drug-likeness (QED) is 0.474. The lowest BCUT2D eigenvalue weighted by Crippen LogP contribution is -2.70. The molecule has 2 N–H and O–H groups in total. The Morgan fingerprint density at radius 1 is 1.35 bits per heavy atom. The van der Waals surface area contributed by atoms with Gasteiger partial charge in [0.15, 0.2) is 4.34 Å². The number of carboxylic acid groups (broad SMARTS) is 1. The molecule has 0 bridgehead atoms. The average molecular weight is 485 g/mol. The van der Waals surface area contributed by atoms with Gasteiger partial charge in [-0.15, -0.1) is 22.0 Å². The first kappa shape index (κ1) is 21.7. The van der Waals surface area contributed by atoms with Crippen LogP contribution in [0.3, 0.4) is 0 Å². The fourth-order valence-electron chi connectivity index (χ4n) is 3.17. The third kappa shape index (κ3) is 4.16. The lowest BCUT2D eigenvalue weighted by Gasteiger charge is -2.49. The van der Waals surface area contributed by atoms with Crippen LogP contribution >= 0.6 is 34.9 Å². The number of β-lactam (4-membered cyclic amide) rings is 1. The second-order valence-electron chi connectivity index (χ2n) is 6.62. The molecule has 0 aliphatic carbocycles. The fourth-order valence-corrected chi connectivity index (χ4v) is 6.47. The number of carboxylic acids is 1. The van der Waals surface area contributed by atoms with Gasteiger partial charge in [-0.05, 0) is 24.6 Å². The van der Waals surface area contributed by atoms with Crippen LogP contribution < -0.4 is 5.32 Å². The van der Waals surface area contributed by atoms with E-state index in [4.69, 9.17) is 0 Å². The molecule has 8 nitrogen and oxygen atoms in total. The molecule has 31 heavy (non-hydrogen) atoms. The Labute approximate surface area is 187 Å². The monoisotopic (exact) mass is 484 g/mol. The average Bonchev–Trinajstić information content (AvgIpc) is 3.14. The highest BCUT2D eigenvalue weighted by molar-refractivity contribution is 8.01. The van der Waals surface area contributed by atoms with Crippen molar-refractivity contribution in [2.24, 2.45) is 0 Å². The maximum absolute atomic E-state index is 13.9. The van der Waals surface area contributed by atoms with Crippen molar-refractivity contribution in [3.8, 4) is 0 Å². The van der Waals surface area contributed by atoms with Crippen LogP contribution in [0.15, 0.2) is 33.8 Å². The van der Waals surface area contributed by atoms with Gasteiger partial charge in [0, 0.05) is 17.6 Å². The van der Waals surface area contributed by atoms with Crippen molar-refractivity contribution in [3.63, 3.8) is 0 Å². The number of carbonyl (C=O) groups is 3. The smallest absolute Gasteiger partial charge is 0.352 e. The third-order valence-electron chi connectivity index (χ3n) is 4.59. The number of benzene rings is 1. The summed E-state index contributed by atoms with van der Waals surface area (Å²) in [6.45, 7) is 1.82. The molecule has 1 aromatic heterocycles. The van der Waals surface area contributed by atoms with E-state index >= 15 is 0 Å². The third-order valence-corrected chi connectivity index (χ3v) is 7.99. The van der Waals surface area contributed by atoms with Crippen LogP contribution in [0.5, 0.6) is 0 Å². The second kappa shape index (κ2) is 8.55. The molecule has 2 aliphatic rings. The molecule has 13 heteroatoms. The van der Waals surface area contributed by atoms with Crippen molar-refractivity contribution in [1.82, 2.24) is 20.4 Å². The van der Waals surface area contributed by atoms with Gasteiger partial charge in [-0.25, -0.2) is 13.6 Å². The van der Waals surface area contributed by atoms with Crippen molar-refractivity contribution < 1.29 is 28.3 Å². The number of aliphatic carboxylic acids is 1. The van der Waals surface area contributed by atoms with E-state index in [1.165, 1.54) is 34.9 Å². The summed E-state index contributed by atoms with van der Waals surface area (Å²) < 4.78 is 27.6. The Morgan fingerprint density at radius 3 is 2.77 bits per heavy atom. The van der Waals surface area contributed by atoms with Crippen LogP contribution in [0.4, 0.5) is 8.78 Å². The summed E-state index contributed by atoms with van der Waals surface area (Å²) in [5, 5.41) is 20.2. The van der Waals surface area contributed by atoms with E-state index in [0.717, 1.165) is 22.0 Å². The second-order valence-corrected chi connectivity index (χ2v) is 10.1. The topological polar surface area (TPSA) is 112 Å². The van der Waals surface area contributed by atoms with Crippen LogP contribution in [0, 0.1) is 18.6 Å². The van der Waals surface area contributed by atoms with Crippen molar-refractivity contribution in [2.45, 2.75) is 22.7 Å². The minimum Gasteiger partial charge on any atom is -0.477 e. The molecule has 4 rings (SSSR count). The number of aryl methyl sites for hydroxylation is 1. The van der Waals surface area contributed by atoms with E-state index in [-0.39, 0.29) is 5.70 Å². The van der Waals surface area contributed by atoms with Gasteiger partial charge in [0.05, 0.1) is 5.56 Å². The lowest BCUT2D eigenvalue weighted by atomic mass is 10.0. The summed E-state index contributed by atoms with van der Waals surface area (Å²) in [4.78, 5) is 38.0. The number of halogens is 2. The first-order chi connectivity index (χ1) is 14.8. The first-order valence-corrected chi connectivity index (χ1v) is 11.7. The largest absolute Gasteiger partial charge is 0.477 e. The van der Waals surface area contributed by atoms with Gasteiger partial charge in [-0.1, -0.05) is 23.1 Å². The molecule has 3 heterocycles. The molecular formula is C18H14F2N4O4S3. The molecule has 2 aliphatic heterocycles. The van der Waals surface area contributed by atoms with Crippen LogP contribution in [0.25, 0.3) is 0 Å². The Bertz CT molecular complexity index is 1120. The number of aromatic nitrogens is 2. The van der Waals surface area contributed by atoms with E-state index in [1.807, 2.05) is 6.92 Å². The molecule has 1 fully saturated rings. The molecule has 2 aromatic rings. The van der Waals surface area contributed by atoms with Gasteiger partial charge in [-0.3, -0.25) is 14.5 Å². The molecule has 0 unspecified atom stereocenters. The van der Waals surface area contributed by atoms with Gasteiger partial charge < -0.3 is 10.4 Å². The van der Waals surface area contributed by atoms with Crippen molar-refractivity contribution >= 4 is 52.6 Å². The predicted octanol–water partition coefficient (Wildman–Crippen LogP) is 2.27. The molecule has 2 atom stereocenters. The summed E-state index contributed by atoms with van der Waals surface area (Å²) in [6, 6.07) is 1.50. The van der Waals surface area contributed by atoms with Gasteiger partial charge in [0.2, 0.25) is 0 Å². The molecule has 0 radical (unpaired) electrons. The normalized spacial score (nSPS) is 20.4. The fraction of sp³-hybridized carbons (Fsp3) is 0.278. The van der Waals surface area contributed by atoms with E-state index in [9.17, 15) is 28.3 Å². The number of rotatable bonds is 6. The summed E-state index contributed by atoms with van der Waals surface area (Å²) >= 11 is 4.04. The maximum Gasteiger partial charge on any atom is 0.352 e. The summed E-state index contributed by atoms with van der Waals surface area (Å²) in [5.41, 5.74) is 0.0576.